The van der Waals surface area contributed by atoms with E-state index in [-0.39, 0.29) is 12.3 Å². The molecule has 2 unspecified atom stereocenters. The molecule has 0 aliphatic carbocycles. The molecule has 1 amide bonds. The van der Waals surface area contributed by atoms with E-state index in [2.05, 4.69) is 4.98 Å². The third-order valence-corrected chi connectivity index (χ3v) is 4.30. The van der Waals surface area contributed by atoms with Gasteiger partial charge in [-0.05, 0) is 20.8 Å². The van der Waals surface area contributed by atoms with Gasteiger partial charge in [0.15, 0.2) is 0 Å². The molecule has 0 radical (unpaired) electrons. The molecule has 0 bridgehead atoms. The molecule has 1 N–H and O–H groups in total. The minimum atomic E-state index is -0.976. The Balaban J connectivity index is 2.47. The number of rotatable bonds is 2. The van der Waals surface area contributed by atoms with Crippen LogP contribution < -0.4 is 0 Å². The second-order valence-corrected chi connectivity index (χ2v) is 7.22. The molecule has 19 heavy (non-hydrogen) atoms. The van der Waals surface area contributed by atoms with Gasteiger partial charge in [-0.25, -0.2) is 4.98 Å². The lowest BCUT2D eigenvalue weighted by Crippen LogP contribution is -2.44. The number of carbonyl (C=O) groups is 2. The van der Waals surface area contributed by atoms with Crippen molar-refractivity contribution in [1.29, 1.82) is 0 Å². The average Bonchev–Trinajstić information content (AvgIpc) is 2.80. The molecular formula is C12H15ClN2O3S. The van der Waals surface area contributed by atoms with Gasteiger partial charge in [0, 0.05) is 12.0 Å². The van der Waals surface area contributed by atoms with E-state index in [4.69, 9.17) is 11.6 Å². The Labute approximate surface area is 120 Å². The zero-order chi connectivity index (χ0) is 14.4. The Kier molecular flexibility index (Phi) is 3.57. The Bertz CT molecular complexity index is 523. The van der Waals surface area contributed by atoms with Crippen LogP contribution in [0.3, 0.4) is 0 Å². The summed E-state index contributed by atoms with van der Waals surface area (Å²) in [5.41, 5.74) is -0.454. The summed E-state index contributed by atoms with van der Waals surface area (Å²) in [4.78, 5) is 29.3. The highest BCUT2D eigenvalue weighted by Gasteiger charge is 2.49. The highest BCUT2D eigenvalue weighted by atomic mass is 35.5. The maximum absolute atomic E-state index is 12.1. The molecule has 2 atom stereocenters. The van der Waals surface area contributed by atoms with Crippen LogP contribution in [0.1, 0.15) is 38.2 Å². The van der Waals surface area contributed by atoms with Gasteiger partial charge < -0.3 is 10.0 Å². The number of halogens is 1. The summed E-state index contributed by atoms with van der Waals surface area (Å²) in [5.74, 6) is -1.90. The molecule has 2 rings (SSSR count). The monoisotopic (exact) mass is 302 g/mol. The van der Waals surface area contributed by atoms with Crippen LogP contribution in [0.15, 0.2) is 6.20 Å². The summed E-state index contributed by atoms with van der Waals surface area (Å²) >= 11 is 7.09. The molecule has 2 heterocycles. The molecule has 0 aromatic carbocycles. The average molecular weight is 303 g/mol. The predicted molar refractivity (Wildman–Crippen MR) is 72.2 cm³/mol. The van der Waals surface area contributed by atoms with Crippen molar-refractivity contribution in [3.63, 3.8) is 0 Å². The number of carbonyl (C=O) groups excluding carboxylic acids is 1. The van der Waals surface area contributed by atoms with E-state index >= 15 is 0 Å². The lowest BCUT2D eigenvalue weighted by Gasteiger charge is -2.37. The Hall–Kier alpha value is -1.14. The van der Waals surface area contributed by atoms with Crippen molar-refractivity contribution < 1.29 is 14.7 Å². The second-order valence-electron chi connectivity index (χ2n) is 5.53. The number of aliphatic carboxylic acids is 1. The lowest BCUT2D eigenvalue weighted by atomic mass is 9.98. The quantitative estimate of drug-likeness (QED) is 0.911. The fourth-order valence-corrected chi connectivity index (χ4v) is 3.52. The minimum Gasteiger partial charge on any atom is -0.481 e. The van der Waals surface area contributed by atoms with Crippen LogP contribution in [0.5, 0.6) is 0 Å². The van der Waals surface area contributed by atoms with Crippen LogP contribution >= 0.6 is 22.9 Å². The first-order valence-electron chi connectivity index (χ1n) is 5.88. The van der Waals surface area contributed by atoms with Crippen molar-refractivity contribution in [2.24, 2.45) is 5.92 Å². The maximum atomic E-state index is 12.1. The zero-order valence-electron chi connectivity index (χ0n) is 10.9. The Morgan fingerprint density at radius 3 is 2.63 bits per heavy atom. The normalized spacial score (nSPS) is 24.0. The molecule has 1 saturated heterocycles. The highest BCUT2D eigenvalue weighted by Crippen LogP contribution is 2.44. The van der Waals surface area contributed by atoms with Gasteiger partial charge in [-0.3, -0.25) is 9.59 Å². The van der Waals surface area contributed by atoms with Crippen LogP contribution in [0.25, 0.3) is 0 Å². The molecule has 1 aliphatic rings. The molecule has 104 valence electrons. The first kappa shape index (κ1) is 14.3. The Morgan fingerprint density at radius 2 is 2.21 bits per heavy atom. The number of aromatic nitrogens is 1. The van der Waals surface area contributed by atoms with Gasteiger partial charge in [0.1, 0.15) is 9.34 Å². The van der Waals surface area contributed by atoms with E-state index in [0.29, 0.717) is 9.34 Å². The largest absolute Gasteiger partial charge is 0.481 e. The van der Waals surface area contributed by atoms with Crippen molar-refractivity contribution in [1.82, 2.24) is 9.88 Å². The molecule has 1 fully saturated rings. The number of hydrogen-bond donors (Lipinski definition) is 1. The van der Waals surface area contributed by atoms with Crippen molar-refractivity contribution >= 4 is 34.8 Å². The number of nitrogens with zero attached hydrogens (tertiary/aromatic N) is 2. The SMILES string of the molecule is CC(C)(C)N1C(=O)CC(C(=O)O)C1c1ncc(Cl)s1. The molecule has 0 saturated carbocycles. The van der Waals surface area contributed by atoms with Gasteiger partial charge in [-0.15, -0.1) is 11.3 Å². The number of likely N-dealkylation sites (tertiary alicyclic amines) is 1. The maximum Gasteiger partial charge on any atom is 0.309 e. The molecule has 7 heteroatoms. The second kappa shape index (κ2) is 4.76. The smallest absolute Gasteiger partial charge is 0.309 e. The van der Waals surface area contributed by atoms with Crippen LogP contribution in [0, 0.1) is 5.92 Å². The fourth-order valence-electron chi connectivity index (χ4n) is 2.43. The van der Waals surface area contributed by atoms with E-state index in [1.807, 2.05) is 20.8 Å². The van der Waals surface area contributed by atoms with Gasteiger partial charge >= 0.3 is 5.97 Å². The van der Waals surface area contributed by atoms with Crippen LogP contribution in [-0.4, -0.2) is 32.4 Å². The van der Waals surface area contributed by atoms with E-state index in [0.717, 1.165) is 0 Å². The fraction of sp³-hybridized carbons (Fsp3) is 0.583. The van der Waals surface area contributed by atoms with Gasteiger partial charge in [0.25, 0.3) is 0 Å². The molecule has 5 nitrogen and oxygen atoms in total. The minimum absolute atomic E-state index is 0.00840. The van der Waals surface area contributed by atoms with Crippen molar-refractivity contribution in [2.45, 2.75) is 38.8 Å². The lowest BCUT2D eigenvalue weighted by molar-refractivity contribution is -0.142. The molecule has 1 aliphatic heterocycles. The highest BCUT2D eigenvalue weighted by molar-refractivity contribution is 7.15. The van der Waals surface area contributed by atoms with E-state index in [1.54, 1.807) is 4.90 Å². The molecule has 1 aromatic heterocycles. The number of carboxylic acids is 1. The standard InChI is InChI=1S/C12H15ClN2O3S/c1-12(2,3)15-8(16)4-6(11(17)18)9(15)10-14-5-7(13)19-10/h5-6,9H,4H2,1-3H3,(H,17,18). The third kappa shape index (κ3) is 2.60. The van der Waals surface area contributed by atoms with Crippen molar-refractivity contribution in [3.05, 3.63) is 15.5 Å². The van der Waals surface area contributed by atoms with Gasteiger partial charge in [0.05, 0.1) is 18.2 Å². The van der Waals surface area contributed by atoms with Crippen molar-refractivity contribution in [2.75, 3.05) is 0 Å². The number of carboxylic acid groups (broad SMARTS) is 1. The summed E-state index contributed by atoms with van der Waals surface area (Å²) in [5, 5.41) is 9.90. The van der Waals surface area contributed by atoms with Gasteiger partial charge in [-0.2, -0.15) is 0 Å². The first-order chi connectivity index (χ1) is 8.71. The van der Waals surface area contributed by atoms with Gasteiger partial charge in [0.2, 0.25) is 5.91 Å². The third-order valence-electron chi connectivity index (χ3n) is 3.11. The number of amides is 1. The van der Waals surface area contributed by atoms with Gasteiger partial charge in [-0.1, -0.05) is 11.6 Å². The van der Waals surface area contributed by atoms with Crippen LogP contribution in [0.4, 0.5) is 0 Å². The summed E-state index contributed by atoms with van der Waals surface area (Å²) in [6, 6.07) is -0.539. The van der Waals surface area contributed by atoms with Crippen LogP contribution in [-0.2, 0) is 9.59 Å². The van der Waals surface area contributed by atoms with Crippen LogP contribution in [0.2, 0.25) is 4.34 Å². The zero-order valence-corrected chi connectivity index (χ0v) is 12.5. The summed E-state index contributed by atoms with van der Waals surface area (Å²) in [7, 11) is 0. The Morgan fingerprint density at radius 1 is 1.58 bits per heavy atom. The summed E-state index contributed by atoms with van der Waals surface area (Å²) in [6.45, 7) is 5.66. The van der Waals surface area contributed by atoms with E-state index in [9.17, 15) is 14.7 Å². The molecule has 1 aromatic rings. The summed E-state index contributed by atoms with van der Waals surface area (Å²) < 4.78 is 0.493. The number of thiazole rings is 1. The summed E-state index contributed by atoms with van der Waals surface area (Å²) in [6.07, 6.45) is 1.50. The topological polar surface area (TPSA) is 70.5 Å². The molecular weight excluding hydrogens is 288 g/mol. The number of hydrogen-bond acceptors (Lipinski definition) is 4. The predicted octanol–water partition coefficient (Wildman–Crippen LogP) is 2.57. The van der Waals surface area contributed by atoms with E-state index < -0.39 is 23.5 Å². The first-order valence-corrected chi connectivity index (χ1v) is 7.07. The molecule has 0 spiro atoms. The van der Waals surface area contributed by atoms with Crippen molar-refractivity contribution in [3.8, 4) is 0 Å². The van der Waals surface area contributed by atoms with E-state index in [1.165, 1.54) is 17.5 Å².